The minimum atomic E-state index is -0.340. The number of aromatic nitrogens is 1. The minimum Gasteiger partial charge on any atom is -0.465 e. The van der Waals surface area contributed by atoms with Gasteiger partial charge in [-0.2, -0.15) is 0 Å². The fourth-order valence-electron chi connectivity index (χ4n) is 1.17. The van der Waals surface area contributed by atoms with E-state index in [2.05, 4.69) is 10.3 Å². The molecule has 1 heterocycles. The van der Waals surface area contributed by atoms with Crippen molar-refractivity contribution in [3.63, 3.8) is 0 Å². The van der Waals surface area contributed by atoms with Crippen molar-refractivity contribution in [3.8, 4) is 0 Å². The lowest BCUT2D eigenvalue weighted by Crippen LogP contribution is -2.37. The highest BCUT2D eigenvalue weighted by molar-refractivity contribution is 7.99. The first-order valence-corrected chi connectivity index (χ1v) is 6.47. The predicted molar refractivity (Wildman–Crippen MR) is 66.2 cm³/mol. The molecule has 0 spiro atoms. The molecule has 0 saturated heterocycles. The van der Waals surface area contributed by atoms with Crippen LogP contribution in [-0.2, 0) is 9.53 Å². The summed E-state index contributed by atoms with van der Waals surface area (Å²) in [5, 5.41) is 3.50. The van der Waals surface area contributed by atoms with Crippen LogP contribution >= 0.6 is 11.8 Å². The van der Waals surface area contributed by atoms with E-state index in [9.17, 15) is 4.79 Å². The van der Waals surface area contributed by atoms with Gasteiger partial charge in [0.1, 0.15) is 11.8 Å². The summed E-state index contributed by atoms with van der Waals surface area (Å²) in [6, 6.07) is -0.340. The van der Waals surface area contributed by atoms with Crippen molar-refractivity contribution < 1.29 is 13.9 Å². The Bertz CT molecular complexity index is 359. The number of rotatable bonds is 6. The number of hydrogen-bond donors (Lipinski definition) is 1. The topological polar surface area (TPSA) is 64.4 Å². The molecular formula is C11H18N2O3S. The van der Waals surface area contributed by atoms with Gasteiger partial charge in [0.05, 0.1) is 12.3 Å². The lowest BCUT2D eigenvalue weighted by atomic mass is 10.3. The Balaban J connectivity index is 2.50. The van der Waals surface area contributed by atoms with Gasteiger partial charge in [-0.1, -0.05) is 11.8 Å². The molecule has 1 aromatic heterocycles. The lowest BCUT2D eigenvalue weighted by molar-refractivity contribution is -0.144. The van der Waals surface area contributed by atoms with Crippen molar-refractivity contribution in [3.05, 3.63) is 11.5 Å². The van der Waals surface area contributed by atoms with Crippen LogP contribution in [0.2, 0.25) is 0 Å². The maximum absolute atomic E-state index is 11.5. The normalized spacial score (nSPS) is 12.5. The molecule has 0 aliphatic rings. The highest BCUT2D eigenvalue weighted by Crippen LogP contribution is 2.20. The Morgan fingerprint density at radius 2 is 2.29 bits per heavy atom. The van der Waals surface area contributed by atoms with Gasteiger partial charge in [-0.25, -0.2) is 4.98 Å². The molecule has 1 unspecified atom stereocenters. The first kappa shape index (κ1) is 14.1. The Morgan fingerprint density at radius 3 is 2.76 bits per heavy atom. The molecule has 0 fully saturated rings. The third-order valence-electron chi connectivity index (χ3n) is 2.30. The molecule has 6 heteroatoms. The lowest BCUT2D eigenvalue weighted by Gasteiger charge is -2.12. The molecule has 5 nitrogen and oxygen atoms in total. The Kier molecular flexibility index (Phi) is 5.50. The van der Waals surface area contributed by atoms with Crippen LogP contribution in [0.3, 0.4) is 0 Å². The van der Waals surface area contributed by atoms with E-state index in [0.29, 0.717) is 17.6 Å². The molecule has 17 heavy (non-hydrogen) atoms. The van der Waals surface area contributed by atoms with Gasteiger partial charge in [-0.05, 0) is 27.8 Å². The van der Waals surface area contributed by atoms with Crippen LogP contribution in [0.25, 0.3) is 0 Å². The highest BCUT2D eigenvalue weighted by Gasteiger charge is 2.19. The molecule has 0 aliphatic carbocycles. The van der Waals surface area contributed by atoms with Crippen molar-refractivity contribution in [1.82, 2.24) is 10.3 Å². The van der Waals surface area contributed by atoms with E-state index in [1.165, 1.54) is 11.8 Å². The number of carbonyl (C=O) groups excluding carboxylic acids is 1. The van der Waals surface area contributed by atoms with Gasteiger partial charge in [-0.15, -0.1) is 0 Å². The summed E-state index contributed by atoms with van der Waals surface area (Å²) in [5.41, 5.74) is 0.879. The number of nitrogens with one attached hydrogen (secondary N) is 1. The number of hydrogen-bond acceptors (Lipinski definition) is 6. The number of oxazole rings is 1. The van der Waals surface area contributed by atoms with Gasteiger partial charge < -0.3 is 14.5 Å². The van der Waals surface area contributed by atoms with Crippen LogP contribution in [0.1, 0.15) is 18.4 Å². The standard InChI is InChI=1S/C11H18N2O3S/c1-5-15-10(14)9(12-4)6-17-11-13-7(2)8(3)16-11/h9,12H,5-6H2,1-4H3. The van der Waals surface area contributed by atoms with Gasteiger partial charge in [0.25, 0.3) is 5.22 Å². The number of aryl methyl sites for hydroxylation is 2. The summed E-state index contributed by atoms with van der Waals surface area (Å²) in [5.74, 6) is 1.10. The van der Waals surface area contributed by atoms with Gasteiger partial charge >= 0.3 is 5.97 Å². The summed E-state index contributed by atoms with van der Waals surface area (Å²) in [6.07, 6.45) is 0. The maximum Gasteiger partial charge on any atom is 0.323 e. The zero-order chi connectivity index (χ0) is 12.8. The van der Waals surface area contributed by atoms with Crippen molar-refractivity contribution in [1.29, 1.82) is 0 Å². The second-order valence-electron chi connectivity index (χ2n) is 3.53. The molecule has 0 saturated carbocycles. The van der Waals surface area contributed by atoms with Crippen LogP contribution in [0.15, 0.2) is 9.64 Å². The molecule has 0 amide bonds. The van der Waals surface area contributed by atoms with E-state index in [1.807, 2.05) is 13.8 Å². The Hall–Kier alpha value is -1.01. The summed E-state index contributed by atoms with van der Waals surface area (Å²) in [6.45, 7) is 5.94. The Labute approximate surface area is 105 Å². The van der Waals surface area contributed by atoms with E-state index in [0.717, 1.165) is 11.5 Å². The number of esters is 1. The van der Waals surface area contributed by atoms with E-state index in [1.54, 1.807) is 14.0 Å². The molecule has 0 radical (unpaired) electrons. The molecular weight excluding hydrogens is 240 g/mol. The van der Waals surface area contributed by atoms with E-state index >= 15 is 0 Å². The van der Waals surface area contributed by atoms with Crippen LogP contribution < -0.4 is 5.32 Å². The molecule has 0 aromatic carbocycles. The molecule has 1 rings (SSSR count). The van der Waals surface area contributed by atoms with Crippen LogP contribution in [0.4, 0.5) is 0 Å². The van der Waals surface area contributed by atoms with Crippen molar-refractivity contribution in [2.45, 2.75) is 32.0 Å². The van der Waals surface area contributed by atoms with E-state index in [4.69, 9.17) is 9.15 Å². The van der Waals surface area contributed by atoms with Crippen molar-refractivity contribution >= 4 is 17.7 Å². The smallest absolute Gasteiger partial charge is 0.323 e. The number of likely N-dealkylation sites (N-methyl/N-ethyl adjacent to an activating group) is 1. The minimum absolute atomic E-state index is 0.248. The summed E-state index contributed by atoms with van der Waals surface area (Å²) < 4.78 is 10.4. The number of ether oxygens (including phenoxy) is 1. The zero-order valence-electron chi connectivity index (χ0n) is 10.6. The third kappa shape index (κ3) is 4.05. The quantitative estimate of drug-likeness (QED) is 0.616. The average molecular weight is 258 g/mol. The third-order valence-corrected chi connectivity index (χ3v) is 3.22. The SMILES string of the molecule is CCOC(=O)C(CSc1nc(C)c(C)o1)NC. The number of carbonyl (C=O) groups is 1. The fraction of sp³-hybridized carbons (Fsp3) is 0.636. The van der Waals surface area contributed by atoms with Crippen LogP contribution in [-0.4, -0.2) is 36.4 Å². The molecule has 1 atom stereocenters. The van der Waals surface area contributed by atoms with Gasteiger partial charge in [0.15, 0.2) is 0 Å². The second-order valence-corrected chi connectivity index (χ2v) is 4.50. The monoisotopic (exact) mass is 258 g/mol. The van der Waals surface area contributed by atoms with Crippen molar-refractivity contribution in [2.75, 3.05) is 19.4 Å². The highest BCUT2D eigenvalue weighted by atomic mass is 32.2. The predicted octanol–water partition coefficient (Wildman–Crippen LogP) is 1.53. The zero-order valence-corrected chi connectivity index (χ0v) is 11.4. The van der Waals surface area contributed by atoms with Gasteiger partial charge in [0, 0.05) is 5.75 Å². The summed E-state index contributed by atoms with van der Waals surface area (Å²) in [4.78, 5) is 15.8. The summed E-state index contributed by atoms with van der Waals surface area (Å²) in [7, 11) is 1.73. The first-order valence-electron chi connectivity index (χ1n) is 5.49. The van der Waals surface area contributed by atoms with E-state index < -0.39 is 0 Å². The molecule has 1 N–H and O–H groups in total. The van der Waals surface area contributed by atoms with Crippen molar-refractivity contribution in [2.24, 2.45) is 0 Å². The van der Waals surface area contributed by atoms with E-state index in [-0.39, 0.29) is 12.0 Å². The van der Waals surface area contributed by atoms with Gasteiger partial charge in [0.2, 0.25) is 0 Å². The molecule has 96 valence electrons. The average Bonchev–Trinajstić information content (AvgIpc) is 2.59. The molecule has 0 bridgehead atoms. The maximum atomic E-state index is 11.5. The largest absolute Gasteiger partial charge is 0.465 e. The van der Waals surface area contributed by atoms with Crippen LogP contribution in [0.5, 0.6) is 0 Å². The molecule has 0 aliphatic heterocycles. The fourth-order valence-corrected chi connectivity index (χ4v) is 2.17. The van der Waals surface area contributed by atoms with Crippen LogP contribution in [0, 0.1) is 13.8 Å². The molecule has 1 aromatic rings. The number of thioether (sulfide) groups is 1. The first-order chi connectivity index (χ1) is 8.08. The second kappa shape index (κ2) is 6.66. The van der Waals surface area contributed by atoms with Gasteiger partial charge in [-0.3, -0.25) is 4.79 Å². The number of nitrogens with zero attached hydrogens (tertiary/aromatic N) is 1. The summed E-state index contributed by atoms with van der Waals surface area (Å²) >= 11 is 1.40. The Morgan fingerprint density at radius 1 is 1.59 bits per heavy atom.